The molecule has 0 radical (unpaired) electrons. The lowest BCUT2D eigenvalue weighted by molar-refractivity contribution is 0.0928. The molecule has 2 atom stereocenters. The molecule has 0 spiro atoms. The Morgan fingerprint density at radius 3 is 2.48 bits per heavy atom. The minimum atomic E-state index is -2.46. The number of benzene rings is 1. The van der Waals surface area contributed by atoms with E-state index in [4.69, 9.17) is 11.6 Å². The Morgan fingerprint density at radius 2 is 1.83 bits per heavy atom. The van der Waals surface area contributed by atoms with Crippen LogP contribution < -0.4 is 0 Å². The van der Waals surface area contributed by atoms with Crippen molar-refractivity contribution < 1.29 is 8.78 Å². The maximum Gasteiger partial charge on any atom is 0.245 e. The van der Waals surface area contributed by atoms with Crippen LogP contribution in [0.4, 0.5) is 8.78 Å². The molecule has 0 N–H and O–H groups in total. The van der Waals surface area contributed by atoms with Crippen LogP contribution in [0.5, 0.6) is 0 Å². The van der Waals surface area contributed by atoms with Crippen LogP contribution >= 0.6 is 11.6 Å². The molecule has 7 heteroatoms. The second-order valence-corrected chi connectivity index (χ2v) is 8.30. The summed E-state index contributed by atoms with van der Waals surface area (Å²) in [7, 11) is 0. The lowest BCUT2D eigenvalue weighted by Gasteiger charge is -2.42. The van der Waals surface area contributed by atoms with Crippen LogP contribution in [0.3, 0.4) is 0 Å². The highest BCUT2D eigenvalue weighted by atomic mass is 35.5. The molecule has 0 aliphatic carbocycles. The summed E-state index contributed by atoms with van der Waals surface area (Å²) < 4.78 is 27.5. The molecule has 1 aliphatic heterocycles. The van der Waals surface area contributed by atoms with Gasteiger partial charge in [-0.25, -0.2) is 8.78 Å². The van der Waals surface area contributed by atoms with E-state index in [0.717, 1.165) is 11.1 Å². The molecule has 4 rings (SSSR count). The van der Waals surface area contributed by atoms with Gasteiger partial charge in [-0.1, -0.05) is 42.0 Å². The summed E-state index contributed by atoms with van der Waals surface area (Å²) in [6.07, 6.45) is 3.38. The smallest absolute Gasteiger partial charge is 0.245 e. The highest BCUT2D eigenvalue weighted by Gasteiger charge is 2.42. The zero-order valence-electron chi connectivity index (χ0n) is 16.6. The number of halogens is 3. The lowest BCUT2D eigenvalue weighted by Crippen LogP contribution is -2.44. The molecular formula is C22H23ClF2N4. The Kier molecular flexibility index (Phi) is 5.17. The quantitative estimate of drug-likeness (QED) is 0.520. The normalized spacial score (nSPS) is 22.4. The molecule has 0 saturated carbocycles. The first kappa shape index (κ1) is 20.0. The Morgan fingerprint density at radius 1 is 1.10 bits per heavy atom. The zero-order chi connectivity index (χ0) is 20.8. The van der Waals surface area contributed by atoms with Crippen molar-refractivity contribution in [3.05, 3.63) is 76.7 Å². The van der Waals surface area contributed by atoms with Crippen molar-refractivity contribution in [2.24, 2.45) is 0 Å². The first-order valence-corrected chi connectivity index (χ1v) is 10.0. The second-order valence-electron chi connectivity index (χ2n) is 7.86. The van der Waals surface area contributed by atoms with Gasteiger partial charge in [0.15, 0.2) is 5.65 Å². The van der Waals surface area contributed by atoms with E-state index in [0.29, 0.717) is 10.7 Å². The fraction of sp³-hybridized carbons (Fsp3) is 0.364. The maximum absolute atomic E-state index is 12.9. The third kappa shape index (κ3) is 3.55. The third-order valence-corrected chi connectivity index (χ3v) is 5.85. The highest BCUT2D eigenvalue weighted by molar-refractivity contribution is 6.30. The molecular weight excluding hydrogens is 394 g/mol. The molecule has 0 fully saturated rings. The summed E-state index contributed by atoms with van der Waals surface area (Å²) >= 11 is 6.08. The number of rotatable bonds is 5. The van der Waals surface area contributed by atoms with E-state index in [1.54, 1.807) is 4.40 Å². The second kappa shape index (κ2) is 7.50. The predicted octanol–water partition coefficient (Wildman–Crippen LogP) is 5.43. The van der Waals surface area contributed by atoms with Crippen LogP contribution in [0.25, 0.3) is 5.65 Å². The minimum absolute atomic E-state index is 0.00174. The molecule has 2 aromatic heterocycles. The Bertz CT molecular complexity index is 1040. The molecule has 3 heterocycles. The third-order valence-electron chi connectivity index (χ3n) is 5.60. The predicted molar refractivity (Wildman–Crippen MR) is 110 cm³/mol. The number of hydrogen-bond donors (Lipinski definition) is 0. The molecule has 152 valence electrons. The van der Waals surface area contributed by atoms with Crippen LogP contribution in [0.2, 0.25) is 5.02 Å². The van der Waals surface area contributed by atoms with Gasteiger partial charge in [0.2, 0.25) is 6.43 Å². The average molecular weight is 417 g/mol. The van der Waals surface area contributed by atoms with Gasteiger partial charge < -0.3 is 0 Å². The fourth-order valence-corrected chi connectivity index (χ4v) is 4.44. The molecule has 29 heavy (non-hydrogen) atoms. The summed E-state index contributed by atoms with van der Waals surface area (Å²) in [5.74, 6) is 0.274. The summed E-state index contributed by atoms with van der Waals surface area (Å²) in [5.41, 5.74) is 2.42. The number of fused-ring (bicyclic) bond motifs is 1. The van der Waals surface area contributed by atoms with E-state index in [1.807, 2.05) is 42.6 Å². The molecule has 0 saturated heterocycles. The van der Waals surface area contributed by atoms with Gasteiger partial charge in [0.25, 0.3) is 0 Å². The van der Waals surface area contributed by atoms with Gasteiger partial charge in [-0.2, -0.15) is 0 Å². The van der Waals surface area contributed by atoms with Crippen LogP contribution in [-0.2, 0) is 12.0 Å². The van der Waals surface area contributed by atoms with Crippen molar-refractivity contribution in [3.63, 3.8) is 0 Å². The fourth-order valence-electron chi connectivity index (χ4n) is 4.31. The Balaban J connectivity index is 1.75. The van der Waals surface area contributed by atoms with Crippen molar-refractivity contribution in [1.29, 1.82) is 0 Å². The van der Waals surface area contributed by atoms with Crippen molar-refractivity contribution in [1.82, 2.24) is 19.5 Å². The zero-order valence-corrected chi connectivity index (χ0v) is 17.3. The number of hydrogen-bond acceptors (Lipinski definition) is 3. The maximum atomic E-state index is 12.9. The largest absolute Gasteiger partial charge is 0.286 e. The van der Waals surface area contributed by atoms with Crippen LogP contribution in [-0.4, -0.2) is 32.0 Å². The average Bonchev–Trinajstić information content (AvgIpc) is 3.23. The van der Waals surface area contributed by atoms with Gasteiger partial charge in [0.1, 0.15) is 5.82 Å². The summed E-state index contributed by atoms with van der Waals surface area (Å²) in [6.45, 7) is 6.51. The molecule has 2 unspecified atom stereocenters. The highest BCUT2D eigenvalue weighted by Crippen LogP contribution is 2.44. The van der Waals surface area contributed by atoms with Gasteiger partial charge in [0, 0.05) is 17.3 Å². The van der Waals surface area contributed by atoms with E-state index in [2.05, 4.69) is 48.0 Å². The summed E-state index contributed by atoms with van der Waals surface area (Å²) in [4.78, 5) is 2.41. The van der Waals surface area contributed by atoms with Crippen LogP contribution in [0.1, 0.15) is 43.8 Å². The van der Waals surface area contributed by atoms with Crippen molar-refractivity contribution in [2.75, 3.05) is 0 Å². The first-order chi connectivity index (χ1) is 13.8. The van der Waals surface area contributed by atoms with E-state index in [1.165, 1.54) is 0 Å². The van der Waals surface area contributed by atoms with Crippen molar-refractivity contribution in [2.45, 2.75) is 51.2 Å². The Hall–Kier alpha value is -2.31. The summed E-state index contributed by atoms with van der Waals surface area (Å²) in [5, 5.41) is 8.65. The number of alkyl halides is 2. The molecule has 0 amide bonds. The van der Waals surface area contributed by atoms with Crippen molar-refractivity contribution >= 4 is 17.2 Å². The minimum Gasteiger partial charge on any atom is -0.286 e. The number of aromatic nitrogens is 3. The number of pyridine rings is 1. The van der Waals surface area contributed by atoms with Gasteiger partial charge >= 0.3 is 0 Å². The lowest BCUT2D eigenvalue weighted by atomic mass is 9.90. The first-order valence-electron chi connectivity index (χ1n) is 9.65. The van der Waals surface area contributed by atoms with E-state index >= 15 is 0 Å². The van der Waals surface area contributed by atoms with Crippen LogP contribution in [0, 0.1) is 0 Å². The van der Waals surface area contributed by atoms with E-state index in [9.17, 15) is 8.78 Å². The molecule has 1 aromatic carbocycles. The Labute approximate surface area is 173 Å². The monoisotopic (exact) mass is 416 g/mol. The van der Waals surface area contributed by atoms with Gasteiger partial charge in [-0.05, 0) is 50.1 Å². The molecule has 1 aliphatic rings. The number of nitrogens with zero attached hydrogens (tertiary/aromatic N) is 4. The standard InChI is InChI=1S/C22H23ClF2N4/c1-14(2)29-18(10-11-22(29,3)16-5-7-17(23)8-6-16)15-4-9-20-26-27-21(12-19(24)25)28(20)13-15/h4-11,13-14,18-19H,12H2,1-3H3. The van der Waals surface area contributed by atoms with Crippen molar-refractivity contribution in [3.8, 4) is 0 Å². The SMILES string of the molecule is CC(C)N1C(c2ccc3nnc(CC(F)F)n3c2)C=CC1(C)c1ccc(Cl)cc1. The topological polar surface area (TPSA) is 33.4 Å². The van der Waals surface area contributed by atoms with E-state index in [-0.39, 0.29) is 23.4 Å². The molecule has 0 bridgehead atoms. The van der Waals surface area contributed by atoms with Crippen LogP contribution in [0.15, 0.2) is 54.7 Å². The van der Waals surface area contributed by atoms with Gasteiger partial charge in [-0.15, -0.1) is 10.2 Å². The van der Waals surface area contributed by atoms with Gasteiger partial charge in [-0.3, -0.25) is 9.30 Å². The molecule has 4 nitrogen and oxygen atoms in total. The van der Waals surface area contributed by atoms with Gasteiger partial charge in [0.05, 0.1) is 18.0 Å². The van der Waals surface area contributed by atoms with E-state index < -0.39 is 12.8 Å². The molecule has 3 aromatic rings. The summed E-state index contributed by atoms with van der Waals surface area (Å²) in [6, 6.07) is 12.0.